The van der Waals surface area contributed by atoms with E-state index in [1.807, 2.05) is 24.3 Å². The third-order valence-electron chi connectivity index (χ3n) is 9.69. The van der Waals surface area contributed by atoms with Gasteiger partial charge in [-0.05, 0) is 65.6 Å². The molecule has 4 heteroatoms. The van der Waals surface area contributed by atoms with Gasteiger partial charge in [0.2, 0.25) is 0 Å². The van der Waals surface area contributed by atoms with Crippen LogP contribution in [-0.2, 0) is 0 Å². The van der Waals surface area contributed by atoms with Gasteiger partial charge in [-0.1, -0.05) is 109 Å². The quantitative estimate of drug-likeness (QED) is 0.199. The lowest BCUT2D eigenvalue weighted by Gasteiger charge is -2.24. The summed E-state index contributed by atoms with van der Waals surface area (Å²) in [5.74, 6) is -0.336. The van der Waals surface area contributed by atoms with Gasteiger partial charge in [-0.3, -0.25) is 0 Å². The average molecular weight is 613 g/mol. The molecule has 6 aromatic carbocycles. The summed E-state index contributed by atoms with van der Waals surface area (Å²) >= 11 is 0. The van der Waals surface area contributed by atoms with Crippen molar-refractivity contribution in [1.82, 2.24) is 9.13 Å². The number of benzene rings is 6. The van der Waals surface area contributed by atoms with E-state index in [9.17, 15) is 10.5 Å². The number of allylic oxidation sites excluding steroid dienone is 4. The zero-order valence-corrected chi connectivity index (χ0v) is 26.0. The Morgan fingerprint density at radius 2 is 1.15 bits per heavy atom. The summed E-state index contributed by atoms with van der Waals surface area (Å²) in [5, 5.41) is 24.8. The summed E-state index contributed by atoms with van der Waals surface area (Å²) in [7, 11) is 0. The van der Waals surface area contributed by atoms with Crippen LogP contribution in [0.1, 0.15) is 17.5 Å². The van der Waals surface area contributed by atoms with Gasteiger partial charge in [-0.2, -0.15) is 10.5 Å². The zero-order chi connectivity index (χ0) is 32.2. The first-order valence-corrected chi connectivity index (χ1v) is 16.2. The van der Waals surface area contributed by atoms with Gasteiger partial charge >= 0.3 is 0 Å². The maximum Gasteiger partial charge on any atom is 0.0998 e. The predicted octanol–water partition coefficient (Wildman–Crippen LogP) is 10.9. The van der Waals surface area contributed by atoms with Crippen LogP contribution in [0.4, 0.5) is 0 Å². The first kappa shape index (κ1) is 27.7. The molecule has 2 aromatic heterocycles. The standard InChI is InChI=1S/C44H28N4/c45-27-32-11-9-21-42-43(32)38-16-3-6-20-41(38)48(42)44-33(28-46)12-8-17-35(44)30-24-22-29(23-25-30)31-10-7-13-34(26-31)47-39-18-4-1-14-36(39)37-15-2-5-19-40(37)47/h1-11,13-26,33H,12H2. The third-order valence-corrected chi connectivity index (χ3v) is 9.69. The van der Waals surface area contributed by atoms with E-state index in [1.54, 1.807) is 0 Å². The third kappa shape index (κ3) is 4.14. The van der Waals surface area contributed by atoms with Crippen molar-refractivity contribution in [2.24, 2.45) is 5.92 Å². The van der Waals surface area contributed by atoms with Crippen molar-refractivity contribution >= 4 is 54.9 Å². The number of para-hydroxylation sites is 3. The molecule has 0 saturated carbocycles. The Labute approximate surface area is 277 Å². The fourth-order valence-corrected chi connectivity index (χ4v) is 7.58. The normalized spacial score (nSPS) is 14.6. The van der Waals surface area contributed by atoms with Crippen LogP contribution >= 0.6 is 0 Å². The highest BCUT2D eigenvalue weighted by Crippen LogP contribution is 2.42. The minimum absolute atomic E-state index is 0.336. The summed E-state index contributed by atoms with van der Waals surface area (Å²) in [4.78, 5) is 0. The van der Waals surface area contributed by atoms with Crippen LogP contribution in [0, 0.1) is 28.6 Å². The smallest absolute Gasteiger partial charge is 0.0998 e. The van der Waals surface area contributed by atoms with Crippen molar-refractivity contribution < 1.29 is 0 Å². The maximum atomic E-state index is 10.4. The summed E-state index contributed by atoms with van der Waals surface area (Å²) in [6.45, 7) is 0. The van der Waals surface area contributed by atoms with Crippen LogP contribution in [0.25, 0.3) is 71.7 Å². The number of nitriles is 2. The fourth-order valence-electron chi connectivity index (χ4n) is 7.58. The molecule has 2 heterocycles. The molecule has 0 N–H and O–H groups in total. The monoisotopic (exact) mass is 612 g/mol. The van der Waals surface area contributed by atoms with Gasteiger partial charge in [0.1, 0.15) is 0 Å². The molecule has 8 aromatic rings. The van der Waals surface area contributed by atoms with E-state index in [4.69, 9.17) is 0 Å². The largest absolute Gasteiger partial charge is 0.311 e. The summed E-state index contributed by atoms with van der Waals surface area (Å²) in [6.07, 6.45) is 4.88. The summed E-state index contributed by atoms with van der Waals surface area (Å²) in [5.41, 5.74) is 11.3. The Bertz CT molecular complexity index is 2670. The van der Waals surface area contributed by atoms with Gasteiger partial charge in [0.15, 0.2) is 0 Å². The Kier molecular flexibility index (Phi) is 6.35. The van der Waals surface area contributed by atoms with E-state index in [-0.39, 0.29) is 5.92 Å². The highest BCUT2D eigenvalue weighted by molar-refractivity contribution is 6.14. The maximum absolute atomic E-state index is 10.4. The minimum atomic E-state index is -0.336. The molecule has 0 aliphatic heterocycles. The highest BCUT2D eigenvalue weighted by Gasteiger charge is 2.26. The zero-order valence-electron chi connectivity index (χ0n) is 26.0. The van der Waals surface area contributed by atoms with Gasteiger partial charge < -0.3 is 9.13 Å². The van der Waals surface area contributed by atoms with E-state index in [2.05, 4.69) is 149 Å². The first-order chi connectivity index (χ1) is 23.7. The Morgan fingerprint density at radius 3 is 1.83 bits per heavy atom. The van der Waals surface area contributed by atoms with Crippen LogP contribution in [-0.4, -0.2) is 9.13 Å². The number of fused-ring (bicyclic) bond motifs is 6. The minimum Gasteiger partial charge on any atom is -0.311 e. The lowest BCUT2D eigenvalue weighted by Crippen LogP contribution is -2.12. The van der Waals surface area contributed by atoms with Crippen molar-refractivity contribution in [2.45, 2.75) is 6.42 Å². The molecule has 0 bridgehead atoms. The molecule has 48 heavy (non-hydrogen) atoms. The first-order valence-electron chi connectivity index (χ1n) is 16.2. The molecule has 4 nitrogen and oxygen atoms in total. The molecule has 0 amide bonds. The Balaban J connectivity index is 1.18. The molecular formula is C44H28N4. The lowest BCUT2D eigenvalue weighted by molar-refractivity contribution is 0.819. The number of hydrogen-bond donors (Lipinski definition) is 0. The Morgan fingerprint density at radius 1 is 0.542 bits per heavy atom. The van der Waals surface area contributed by atoms with Crippen LogP contribution in [0.2, 0.25) is 0 Å². The molecule has 1 aliphatic carbocycles. The second kappa shape index (κ2) is 11.0. The van der Waals surface area contributed by atoms with Crippen LogP contribution in [0.15, 0.2) is 152 Å². The molecular weight excluding hydrogens is 585 g/mol. The second-order valence-corrected chi connectivity index (χ2v) is 12.3. The van der Waals surface area contributed by atoms with Gasteiger partial charge in [0.05, 0.1) is 45.7 Å². The molecule has 9 rings (SSSR count). The molecule has 224 valence electrons. The number of aromatic nitrogens is 2. The van der Waals surface area contributed by atoms with Crippen molar-refractivity contribution in [2.75, 3.05) is 0 Å². The summed E-state index contributed by atoms with van der Waals surface area (Å²) < 4.78 is 4.55. The van der Waals surface area contributed by atoms with Gasteiger partial charge in [0.25, 0.3) is 0 Å². The lowest BCUT2D eigenvalue weighted by atomic mass is 9.88. The number of nitrogens with zero attached hydrogens (tertiary/aromatic N) is 4. The van der Waals surface area contributed by atoms with Crippen molar-refractivity contribution in [3.05, 3.63) is 163 Å². The SMILES string of the molecule is N#Cc1cccc2c1c1ccccc1n2C1=C(c2ccc(-c3cccc(-n4c5ccccc5c5ccccc54)c3)cc2)C=CCC1C#N. The fraction of sp³-hybridized carbons (Fsp3) is 0.0455. The molecule has 1 atom stereocenters. The van der Waals surface area contributed by atoms with Gasteiger partial charge in [-0.15, -0.1) is 0 Å². The van der Waals surface area contributed by atoms with Crippen molar-refractivity contribution in [1.29, 1.82) is 10.5 Å². The van der Waals surface area contributed by atoms with E-state index >= 15 is 0 Å². The number of rotatable bonds is 4. The van der Waals surface area contributed by atoms with Crippen LogP contribution < -0.4 is 0 Å². The van der Waals surface area contributed by atoms with E-state index in [0.29, 0.717) is 12.0 Å². The number of hydrogen-bond acceptors (Lipinski definition) is 2. The molecule has 1 unspecified atom stereocenters. The van der Waals surface area contributed by atoms with Crippen LogP contribution in [0.3, 0.4) is 0 Å². The van der Waals surface area contributed by atoms with E-state index in [1.165, 1.54) is 21.8 Å². The molecule has 0 fully saturated rings. The topological polar surface area (TPSA) is 57.4 Å². The van der Waals surface area contributed by atoms with Crippen LogP contribution in [0.5, 0.6) is 0 Å². The van der Waals surface area contributed by atoms with Crippen molar-refractivity contribution in [3.8, 4) is 29.0 Å². The second-order valence-electron chi connectivity index (χ2n) is 12.3. The molecule has 0 spiro atoms. The molecule has 1 aliphatic rings. The highest BCUT2D eigenvalue weighted by atomic mass is 15.0. The van der Waals surface area contributed by atoms with Crippen molar-refractivity contribution in [3.63, 3.8) is 0 Å². The van der Waals surface area contributed by atoms with Gasteiger partial charge in [0, 0.05) is 38.5 Å². The average Bonchev–Trinajstić information content (AvgIpc) is 3.68. The predicted molar refractivity (Wildman–Crippen MR) is 196 cm³/mol. The molecule has 0 saturated heterocycles. The van der Waals surface area contributed by atoms with Gasteiger partial charge in [-0.25, -0.2) is 0 Å². The summed E-state index contributed by atoms with van der Waals surface area (Å²) in [6, 6.07) is 53.6. The molecule has 0 radical (unpaired) electrons. The Hall–Kier alpha value is -6.62. The van der Waals surface area contributed by atoms with E-state index in [0.717, 1.165) is 55.5 Å². The van der Waals surface area contributed by atoms with E-state index < -0.39 is 0 Å².